The number of likely N-dealkylation sites (tertiary alicyclic amines) is 1. The summed E-state index contributed by atoms with van der Waals surface area (Å²) in [5, 5.41) is 9.23. The van der Waals surface area contributed by atoms with E-state index in [0.717, 1.165) is 12.1 Å². The monoisotopic (exact) mass is 356 g/mol. The molecule has 2 aromatic rings. The number of rotatable bonds is 3. The van der Waals surface area contributed by atoms with Gasteiger partial charge in [-0.3, -0.25) is 4.79 Å². The molecule has 3 rings (SSSR count). The molecule has 2 heterocycles. The first-order valence-corrected chi connectivity index (χ1v) is 8.44. The molecule has 0 unspecified atom stereocenters. The van der Waals surface area contributed by atoms with Crippen molar-refractivity contribution in [2.24, 2.45) is 0 Å². The first-order chi connectivity index (χ1) is 12.5. The molecule has 1 aliphatic heterocycles. The number of carbonyl (C=O) groups is 1. The summed E-state index contributed by atoms with van der Waals surface area (Å²) in [5.41, 5.74) is 0.971. The van der Waals surface area contributed by atoms with Gasteiger partial charge < -0.3 is 4.90 Å². The second kappa shape index (κ2) is 7.56. The number of aromatic nitrogens is 2. The Labute approximate surface area is 150 Å². The van der Waals surface area contributed by atoms with Gasteiger partial charge in [-0.25, -0.2) is 18.7 Å². The van der Waals surface area contributed by atoms with Gasteiger partial charge in [0.05, 0.1) is 17.7 Å². The van der Waals surface area contributed by atoms with Crippen LogP contribution in [0.25, 0.3) is 0 Å². The minimum atomic E-state index is -0.705. The minimum absolute atomic E-state index is 0.0700. The van der Waals surface area contributed by atoms with E-state index in [-0.39, 0.29) is 23.8 Å². The highest BCUT2D eigenvalue weighted by atomic mass is 19.1. The minimum Gasteiger partial charge on any atom is -0.342 e. The lowest BCUT2D eigenvalue weighted by Crippen LogP contribution is -2.39. The average Bonchev–Trinajstić information content (AvgIpc) is 2.65. The van der Waals surface area contributed by atoms with Crippen molar-refractivity contribution >= 4 is 5.91 Å². The predicted molar refractivity (Wildman–Crippen MR) is 90.1 cm³/mol. The number of amides is 1. The lowest BCUT2D eigenvalue weighted by molar-refractivity contribution is -0.131. The Bertz CT molecular complexity index is 850. The molecule has 1 aromatic carbocycles. The summed E-state index contributed by atoms with van der Waals surface area (Å²) in [6, 6.07) is 5.69. The Morgan fingerprint density at radius 1 is 1.31 bits per heavy atom. The first-order valence-electron chi connectivity index (χ1n) is 8.44. The van der Waals surface area contributed by atoms with Crippen LogP contribution in [0.5, 0.6) is 0 Å². The van der Waals surface area contributed by atoms with Crippen molar-refractivity contribution in [3.8, 4) is 6.07 Å². The molecular weight excluding hydrogens is 338 g/mol. The maximum Gasteiger partial charge on any atom is 0.227 e. The number of nitrogens with zero attached hydrogens (tertiary/aromatic N) is 4. The van der Waals surface area contributed by atoms with Crippen LogP contribution in [0.1, 0.15) is 41.4 Å². The number of carbonyl (C=O) groups excluding carboxylic acids is 1. The standard InChI is InChI=1S/C19H18F2N4O/c1-12-23-11-14(10-22)19(24-12)13-5-7-25(8-6-13)18(26)9-15-16(20)3-2-4-17(15)21/h2-4,11,13H,5-9H2,1H3. The van der Waals surface area contributed by atoms with Gasteiger partial charge >= 0.3 is 0 Å². The third-order valence-electron chi connectivity index (χ3n) is 4.68. The Hall–Kier alpha value is -2.88. The fourth-order valence-electron chi connectivity index (χ4n) is 3.25. The van der Waals surface area contributed by atoms with Crippen LogP contribution in [0.3, 0.4) is 0 Å². The van der Waals surface area contributed by atoms with E-state index in [2.05, 4.69) is 16.0 Å². The van der Waals surface area contributed by atoms with Crippen molar-refractivity contribution < 1.29 is 13.6 Å². The summed E-state index contributed by atoms with van der Waals surface area (Å²) >= 11 is 0. The van der Waals surface area contributed by atoms with Crippen molar-refractivity contribution in [3.63, 3.8) is 0 Å². The van der Waals surface area contributed by atoms with Gasteiger partial charge in [0, 0.05) is 30.8 Å². The zero-order valence-corrected chi connectivity index (χ0v) is 14.4. The van der Waals surface area contributed by atoms with Crippen LogP contribution in [0, 0.1) is 29.9 Å². The van der Waals surface area contributed by atoms with Gasteiger partial charge in [-0.1, -0.05) is 6.07 Å². The number of aryl methyl sites for hydroxylation is 1. The molecule has 0 spiro atoms. The van der Waals surface area contributed by atoms with Gasteiger partial charge in [-0.2, -0.15) is 5.26 Å². The van der Waals surface area contributed by atoms with Crippen molar-refractivity contribution in [1.82, 2.24) is 14.9 Å². The van der Waals surface area contributed by atoms with Crippen molar-refractivity contribution in [1.29, 1.82) is 5.26 Å². The summed E-state index contributed by atoms with van der Waals surface area (Å²) in [4.78, 5) is 22.5. The molecule has 0 atom stereocenters. The Kier molecular flexibility index (Phi) is 5.21. The highest BCUT2D eigenvalue weighted by molar-refractivity contribution is 5.79. The molecule has 0 N–H and O–H groups in total. The number of piperidine rings is 1. The van der Waals surface area contributed by atoms with Crippen molar-refractivity contribution in [3.05, 3.63) is 58.7 Å². The van der Waals surface area contributed by atoms with Crippen LogP contribution in [0.15, 0.2) is 24.4 Å². The molecule has 0 radical (unpaired) electrons. The second-order valence-corrected chi connectivity index (χ2v) is 6.36. The molecule has 0 bridgehead atoms. The van der Waals surface area contributed by atoms with Gasteiger partial charge in [0.25, 0.3) is 0 Å². The normalized spacial score (nSPS) is 14.9. The van der Waals surface area contributed by atoms with Crippen molar-refractivity contribution in [2.75, 3.05) is 13.1 Å². The van der Waals surface area contributed by atoms with E-state index in [1.165, 1.54) is 12.3 Å². The van der Waals surface area contributed by atoms with Crippen LogP contribution in [-0.2, 0) is 11.2 Å². The topological polar surface area (TPSA) is 69.9 Å². The Morgan fingerprint density at radius 3 is 2.58 bits per heavy atom. The smallest absolute Gasteiger partial charge is 0.227 e. The lowest BCUT2D eigenvalue weighted by Gasteiger charge is -2.32. The molecule has 7 heteroatoms. The molecular formula is C19H18F2N4O. The lowest BCUT2D eigenvalue weighted by atomic mass is 9.90. The molecule has 1 saturated heterocycles. The Morgan fingerprint density at radius 2 is 1.96 bits per heavy atom. The number of halogens is 2. The zero-order chi connectivity index (χ0) is 18.7. The number of nitriles is 1. The SMILES string of the molecule is Cc1ncc(C#N)c(C2CCN(C(=O)Cc3c(F)cccc3F)CC2)n1. The molecule has 0 saturated carbocycles. The number of hydrogen-bond donors (Lipinski definition) is 0. The number of benzene rings is 1. The summed E-state index contributed by atoms with van der Waals surface area (Å²) in [7, 11) is 0. The quantitative estimate of drug-likeness (QED) is 0.848. The fraction of sp³-hybridized carbons (Fsp3) is 0.368. The highest BCUT2D eigenvalue weighted by Gasteiger charge is 2.27. The molecule has 1 aromatic heterocycles. The van der Waals surface area contributed by atoms with E-state index in [9.17, 15) is 18.8 Å². The van der Waals surface area contributed by atoms with E-state index in [1.807, 2.05) is 0 Å². The third-order valence-corrected chi connectivity index (χ3v) is 4.68. The van der Waals surface area contributed by atoms with Gasteiger partial charge in [-0.05, 0) is 31.9 Å². The van der Waals surface area contributed by atoms with Gasteiger partial charge in [0.2, 0.25) is 5.91 Å². The van der Waals surface area contributed by atoms with Crippen LogP contribution >= 0.6 is 0 Å². The van der Waals surface area contributed by atoms with Crippen LogP contribution in [0.4, 0.5) is 8.78 Å². The first kappa shape index (κ1) is 17.9. The summed E-state index contributed by atoms with van der Waals surface area (Å²) < 4.78 is 27.5. The van der Waals surface area contributed by atoms with E-state index in [4.69, 9.17) is 0 Å². The summed E-state index contributed by atoms with van der Waals surface area (Å²) in [5.74, 6) is -1.04. The fourth-order valence-corrected chi connectivity index (χ4v) is 3.25. The predicted octanol–water partition coefficient (Wildman–Crippen LogP) is 2.88. The van der Waals surface area contributed by atoms with E-state index < -0.39 is 11.6 Å². The van der Waals surface area contributed by atoms with Gasteiger partial charge in [0.15, 0.2) is 0 Å². The molecule has 134 valence electrons. The molecule has 1 aliphatic rings. The van der Waals surface area contributed by atoms with Crippen LogP contribution < -0.4 is 0 Å². The highest BCUT2D eigenvalue weighted by Crippen LogP contribution is 2.29. The van der Waals surface area contributed by atoms with E-state index >= 15 is 0 Å². The molecule has 1 amide bonds. The van der Waals surface area contributed by atoms with Gasteiger partial charge in [-0.15, -0.1) is 0 Å². The van der Waals surface area contributed by atoms with Crippen molar-refractivity contribution in [2.45, 2.75) is 32.1 Å². The largest absolute Gasteiger partial charge is 0.342 e. The zero-order valence-electron chi connectivity index (χ0n) is 14.4. The summed E-state index contributed by atoms with van der Waals surface area (Å²) in [6.07, 6.45) is 2.53. The van der Waals surface area contributed by atoms with Crippen LogP contribution in [0.2, 0.25) is 0 Å². The second-order valence-electron chi connectivity index (χ2n) is 6.36. The summed E-state index contributed by atoms with van der Waals surface area (Å²) in [6.45, 7) is 2.70. The molecule has 26 heavy (non-hydrogen) atoms. The van der Waals surface area contributed by atoms with E-state index in [0.29, 0.717) is 43.0 Å². The Balaban J connectivity index is 1.66. The average molecular weight is 356 g/mol. The molecule has 0 aliphatic carbocycles. The van der Waals surface area contributed by atoms with E-state index in [1.54, 1.807) is 11.8 Å². The maximum absolute atomic E-state index is 13.7. The third kappa shape index (κ3) is 3.69. The number of hydrogen-bond acceptors (Lipinski definition) is 4. The molecule has 1 fully saturated rings. The molecule has 5 nitrogen and oxygen atoms in total. The maximum atomic E-state index is 13.7. The van der Waals surface area contributed by atoms with Crippen LogP contribution in [-0.4, -0.2) is 33.9 Å². The van der Waals surface area contributed by atoms with Gasteiger partial charge in [0.1, 0.15) is 23.5 Å².